The number of rotatable bonds is 14. The number of esters is 2. The van der Waals surface area contributed by atoms with Crippen LogP contribution in [-0.2, 0) is 25.6 Å². The Balaban J connectivity index is 0.00000116. The molecule has 0 atom stereocenters. The lowest BCUT2D eigenvalue weighted by Crippen LogP contribution is -2.68. The lowest BCUT2D eigenvalue weighted by atomic mass is 10.1. The van der Waals surface area contributed by atoms with Crippen molar-refractivity contribution in [2.45, 2.75) is 50.0 Å². The number of benzene rings is 6. The maximum atomic E-state index is 12.2. The number of thiazole rings is 1. The monoisotopic (exact) mass is 953 g/mol. The summed E-state index contributed by atoms with van der Waals surface area (Å²) in [5.74, 6) is -0.385. The summed E-state index contributed by atoms with van der Waals surface area (Å²) in [4.78, 5) is 30.4. The van der Waals surface area contributed by atoms with Gasteiger partial charge in [0.2, 0.25) is 5.52 Å². The number of anilines is 3. The highest BCUT2D eigenvalue weighted by atomic mass is 35.7. The lowest BCUT2D eigenvalue weighted by molar-refractivity contribution is -2.00. The van der Waals surface area contributed by atoms with E-state index in [2.05, 4.69) is 172 Å². The van der Waals surface area contributed by atoms with Crippen LogP contribution >= 0.6 is 23.1 Å². The van der Waals surface area contributed by atoms with Gasteiger partial charge in [-0.25, -0.2) is 18.6 Å². The number of hydrogen-bond donors (Lipinski definition) is 0. The largest absolute Gasteiger partial charge is 0.469 e. The fourth-order valence-electron chi connectivity index (χ4n) is 8.48. The van der Waals surface area contributed by atoms with Gasteiger partial charge in [-0.2, -0.15) is 4.57 Å². The predicted molar refractivity (Wildman–Crippen MR) is 256 cm³/mol. The number of para-hydroxylation sites is 2. The molecule has 11 nitrogen and oxygen atoms in total. The van der Waals surface area contributed by atoms with E-state index < -0.39 is 10.2 Å². The van der Waals surface area contributed by atoms with Crippen LogP contribution in [0.4, 0.5) is 17.1 Å². The molecule has 1 aliphatic carbocycles. The number of hydrogen-bond acceptors (Lipinski definition) is 12. The minimum Gasteiger partial charge on any atom is -0.469 e. The summed E-state index contributed by atoms with van der Waals surface area (Å²) >= 11 is 3.57. The zero-order valence-electron chi connectivity index (χ0n) is 37.0. The van der Waals surface area contributed by atoms with Crippen LogP contribution in [0.3, 0.4) is 0 Å². The van der Waals surface area contributed by atoms with Gasteiger partial charge in [0.25, 0.3) is 5.01 Å². The molecule has 6 aromatic carbocycles. The Morgan fingerprint density at radius 3 is 1.87 bits per heavy atom. The molecule has 0 spiro atoms. The maximum absolute atomic E-state index is 12.2. The molecular weight excluding hydrogens is 906 g/mol. The first kappa shape index (κ1) is 47.2. The van der Waals surface area contributed by atoms with Crippen LogP contribution in [0.25, 0.3) is 37.8 Å². The zero-order chi connectivity index (χ0) is 46.9. The second-order valence-corrected chi connectivity index (χ2v) is 18.7. The van der Waals surface area contributed by atoms with Crippen molar-refractivity contribution in [3.05, 3.63) is 179 Å². The fraction of sp³-hybridized carbons (Fsp3) is 0.189. The van der Waals surface area contributed by atoms with E-state index in [1.807, 2.05) is 0 Å². The molecule has 342 valence electrons. The first-order chi connectivity index (χ1) is 32.5. The van der Waals surface area contributed by atoms with Crippen LogP contribution in [0.5, 0.6) is 0 Å². The molecular formula is C53H48ClN3O8S2. The maximum Gasteiger partial charge on any atom is 0.305 e. The van der Waals surface area contributed by atoms with E-state index in [0.29, 0.717) is 38.8 Å². The average molecular weight is 955 g/mol. The number of thioether (sulfide) groups is 1. The lowest BCUT2D eigenvalue weighted by Gasteiger charge is -2.28. The second-order valence-electron chi connectivity index (χ2n) is 15.8. The summed E-state index contributed by atoms with van der Waals surface area (Å²) in [6.07, 6.45) is 13.0. The molecule has 1 aromatic heterocycles. The Hall–Kier alpha value is -6.29. The van der Waals surface area contributed by atoms with Gasteiger partial charge in [0, 0.05) is 47.8 Å². The van der Waals surface area contributed by atoms with Crippen molar-refractivity contribution in [3.8, 4) is 0 Å². The molecule has 0 saturated heterocycles. The number of nitrogens with zero attached hydrogens (tertiary/aromatic N) is 3. The summed E-state index contributed by atoms with van der Waals surface area (Å²) in [5.41, 5.74) is 8.17. The minimum absolute atomic E-state index is 0.192. The van der Waals surface area contributed by atoms with Gasteiger partial charge < -0.3 is 19.3 Å². The number of ether oxygens (including phenoxy) is 2. The van der Waals surface area contributed by atoms with Crippen LogP contribution in [0.1, 0.15) is 43.5 Å². The normalized spacial score (nSPS) is 14.9. The molecule has 0 fully saturated rings. The molecule has 0 unspecified atom stereocenters. The highest BCUT2D eigenvalue weighted by molar-refractivity contribution is 8.03. The highest BCUT2D eigenvalue weighted by Gasteiger charge is 2.29. The topological polar surface area (TPSA) is 155 Å². The van der Waals surface area contributed by atoms with E-state index in [1.54, 1.807) is 23.1 Å². The average Bonchev–Trinajstić information content (AvgIpc) is 4.00. The number of aryl methyl sites for hydroxylation is 1. The van der Waals surface area contributed by atoms with Crippen LogP contribution < -0.4 is 33.0 Å². The van der Waals surface area contributed by atoms with E-state index in [4.69, 9.17) is 28.1 Å². The van der Waals surface area contributed by atoms with Crippen molar-refractivity contribution in [3.63, 3.8) is 0 Å². The Morgan fingerprint density at radius 1 is 0.701 bits per heavy atom. The van der Waals surface area contributed by atoms with Crippen LogP contribution in [-0.4, -0.2) is 32.7 Å². The van der Waals surface area contributed by atoms with E-state index in [9.17, 15) is 9.59 Å². The van der Waals surface area contributed by atoms with Gasteiger partial charge in [0.15, 0.2) is 6.54 Å². The van der Waals surface area contributed by atoms with Gasteiger partial charge in [-0.3, -0.25) is 9.59 Å². The molecule has 0 amide bonds. The van der Waals surface area contributed by atoms with Crippen molar-refractivity contribution in [1.29, 1.82) is 0 Å². The number of carbonyl (C=O) groups excluding carboxylic acids is 2. The third-order valence-electron chi connectivity index (χ3n) is 11.6. The minimum atomic E-state index is -4.94. The van der Waals surface area contributed by atoms with Gasteiger partial charge in [0.05, 0.1) is 37.1 Å². The number of methoxy groups -OCH3 is 2. The SMILES string of the molecule is COC(=O)CCCN1/C(=C\C=C2\CCC(/C=C/c3sc4cc5ccccc5cc4[n+]3CCCC(=O)OC)=C2N(c2ccccc2)c2ccccc2)Sc2cc3ccccc3cc21.[O-][Cl+3]([O-])([O-])[O-]. The number of halogens is 1. The molecule has 0 bridgehead atoms. The van der Waals surface area contributed by atoms with Gasteiger partial charge in [-0.1, -0.05) is 114 Å². The second kappa shape index (κ2) is 21.6. The van der Waals surface area contributed by atoms with E-state index in [0.717, 1.165) is 34.3 Å². The van der Waals surface area contributed by atoms with Crippen molar-refractivity contribution in [1.82, 2.24) is 0 Å². The van der Waals surface area contributed by atoms with Gasteiger partial charge in [-0.15, -0.1) is 10.2 Å². The van der Waals surface area contributed by atoms with Gasteiger partial charge in [-0.05, 0) is 107 Å². The number of aromatic nitrogens is 1. The fourth-order valence-corrected chi connectivity index (χ4v) is 10.7. The van der Waals surface area contributed by atoms with E-state index in [-0.39, 0.29) is 11.9 Å². The van der Waals surface area contributed by atoms with Gasteiger partial charge in [0.1, 0.15) is 4.70 Å². The molecule has 9 rings (SSSR count). The van der Waals surface area contributed by atoms with Crippen LogP contribution in [0.15, 0.2) is 178 Å². The Kier molecular flexibility index (Phi) is 15.2. The number of fused-ring (bicyclic) bond motifs is 4. The molecule has 67 heavy (non-hydrogen) atoms. The third kappa shape index (κ3) is 11.6. The molecule has 0 N–H and O–H groups in total. The summed E-state index contributed by atoms with van der Waals surface area (Å²) in [7, 11) is -2.04. The molecule has 14 heteroatoms. The van der Waals surface area contributed by atoms with Crippen molar-refractivity contribution in [2.24, 2.45) is 0 Å². The number of allylic oxidation sites excluding steroid dienone is 5. The van der Waals surface area contributed by atoms with Crippen LogP contribution in [0.2, 0.25) is 0 Å². The van der Waals surface area contributed by atoms with Crippen molar-refractivity contribution < 1.29 is 52.5 Å². The van der Waals surface area contributed by atoms with Crippen molar-refractivity contribution >= 4 is 89.9 Å². The summed E-state index contributed by atoms with van der Waals surface area (Å²) in [6.45, 7) is 1.40. The van der Waals surface area contributed by atoms with E-state index in [1.165, 1.54) is 73.4 Å². The van der Waals surface area contributed by atoms with Crippen LogP contribution in [0, 0.1) is 10.2 Å². The Labute approximate surface area is 399 Å². The molecule has 0 radical (unpaired) electrons. The molecule has 2 aliphatic rings. The molecule has 0 saturated carbocycles. The quantitative estimate of drug-likeness (QED) is 0.0771. The van der Waals surface area contributed by atoms with Crippen molar-refractivity contribution in [2.75, 3.05) is 30.6 Å². The Morgan fingerprint density at radius 2 is 1.25 bits per heavy atom. The molecule has 2 heterocycles. The Bertz CT molecular complexity index is 2990. The first-order valence-electron chi connectivity index (χ1n) is 21.8. The number of carbonyl (C=O) groups is 2. The molecule has 7 aromatic rings. The van der Waals surface area contributed by atoms with Gasteiger partial charge >= 0.3 is 11.9 Å². The van der Waals surface area contributed by atoms with E-state index >= 15 is 0 Å². The predicted octanol–water partition coefficient (Wildman–Crippen LogP) is 7.93. The summed E-state index contributed by atoms with van der Waals surface area (Å²) in [6, 6.07) is 47.3. The zero-order valence-corrected chi connectivity index (χ0v) is 39.4. The smallest absolute Gasteiger partial charge is 0.305 e. The third-order valence-corrected chi connectivity index (χ3v) is 13.8. The first-order valence-corrected chi connectivity index (χ1v) is 24.7. The summed E-state index contributed by atoms with van der Waals surface area (Å²) in [5, 5.41) is 7.08. The molecule has 1 aliphatic heterocycles. The summed E-state index contributed by atoms with van der Waals surface area (Å²) < 4.78 is 47.5. The highest BCUT2D eigenvalue weighted by Crippen LogP contribution is 2.49. The standard InChI is InChI=1S/C53H48N3O4S2.ClHO4/c1-59-51(57)23-13-31-54-45-33-39-15-9-11-17-41(39)35-47(45)61-49(54)29-27-37-25-26-38(53(37)56(43-19-5-3-6-20-43)44-21-7-4-8-22-44)28-30-50-55(32-14-24-52(58)60-2)46-34-40-16-10-12-18-42(40)36-48(46)62-50;2-1(3,4)5/h3-12,15-22,27-30,33-36H,13-14,23-26,31-32H2,1-2H3;(H,2,3,4,5)/q+1;/p-1.